The van der Waals surface area contributed by atoms with Crippen molar-refractivity contribution in [2.24, 2.45) is 17.1 Å². The maximum atomic E-state index is 11.8. The lowest BCUT2D eigenvalue weighted by molar-refractivity contribution is -0.146. The quantitative estimate of drug-likeness (QED) is 0.387. The molecule has 2 rings (SSSR count). The van der Waals surface area contributed by atoms with Crippen molar-refractivity contribution < 1.29 is 14.6 Å². The first kappa shape index (κ1) is 25.6. The third kappa shape index (κ3) is 8.05. The molecule has 0 radical (unpaired) electrons. The fraction of sp³-hybridized carbons (Fsp3) is 0.750. The number of fused-ring (bicyclic) bond motifs is 1. The molecule has 4 N–H and O–H groups in total. The number of hydrogen-bond acceptors (Lipinski definition) is 6. The summed E-state index contributed by atoms with van der Waals surface area (Å²) in [7, 11) is 1.72. The molecule has 0 bridgehead atoms. The molecule has 0 unspecified atom stereocenters. The first-order chi connectivity index (χ1) is 14.8. The van der Waals surface area contributed by atoms with Crippen LogP contribution in [0.25, 0.3) is 0 Å². The fourth-order valence-corrected chi connectivity index (χ4v) is 4.18. The number of carboxylic acids is 1. The van der Waals surface area contributed by atoms with Gasteiger partial charge in [-0.3, -0.25) is 4.79 Å². The predicted molar refractivity (Wildman–Crippen MR) is 125 cm³/mol. The largest absolute Gasteiger partial charge is 0.481 e. The van der Waals surface area contributed by atoms with Crippen molar-refractivity contribution in [1.82, 2.24) is 9.88 Å². The van der Waals surface area contributed by atoms with Crippen LogP contribution < -0.4 is 11.1 Å². The molecule has 176 valence electrons. The molecular formula is C24H42N4O3. The average Bonchev–Trinajstić information content (AvgIpc) is 2.75. The van der Waals surface area contributed by atoms with Crippen molar-refractivity contribution in [1.29, 1.82) is 0 Å². The van der Waals surface area contributed by atoms with Gasteiger partial charge in [-0.15, -0.1) is 0 Å². The molecule has 0 saturated carbocycles. The van der Waals surface area contributed by atoms with E-state index in [0.717, 1.165) is 63.4 Å². The van der Waals surface area contributed by atoms with Crippen molar-refractivity contribution in [3.05, 3.63) is 23.4 Å². The number of carboxylic acid groups (broad SMARTS) is 1. The van der Waals surface area contributed by atoms with E-state index < -0.39 is 17.3 Å². The molecule has 7 heteroatoms. The van der Waals surface area contributed by atoms with Gasteiger partial charge in [0.15, 0.2) is 0 Å². The van der Waals surface area contributed by atoms with Crippen LogP contribution >= 0.6 is 0 Å². The van der Waals surface area contributed by atoms with Crippen LogP contribution in [0.3, 0.4) is 0 Å². The lowest BCUT2D eigenvalue weighted by Crippen LogP contribution is -2.41. The summed E-state index contributed by atoms with van der Waals surface area (Å²) in [5.41, 5.74) is 7.88. The molecule has 7 nitrogen and oxygen atoms in total. The van der Waals surface area contributed by atoms with Crippen LogP contribution in [0.2, 0.25) is 0 Å². The Hall–Kier alpha value is -1.70. The number of carbonyl (C=O) groups is 1. The molecule has 1 aliphatic rings. The van der Waals surface area contributed by atoms with E-state index in [1.165, 1.54) is 12.0 Å². The van der Waals surface area contributed by atoms with Gasteiger partial charge in [-0.1, -0.05) is 19.9 Å². The molecule has 0 amide bonds. The summed E-state index contributed by atoms with van der Waals surface area (Å²) < 4.78 is 5.46. The maximum Gasteiger partial charge on any atom is 0.307 e. The number of methoxy groups -OCH3 is 1. The zero-order valence-electron chi connectivity index (χ0n) is 19.8. The number of hydrogen-bond donors (Lipinski definition) is 3. The minimum Gasteiger partial charge on any atom is -0.481 e. The minimum atomic E-state index is -0.762. The number of aliphatic carboxylic acids is 1. The summed E-state index contributed by atoms with van der Waals surface area (Å²) in [6.45, 7) is 9.75. The summed E-state index contributed by atoms with van der Waals surface area (Å²) in [6, 6.07) is 4.37. The number of unbranched alkanes of at least 4 members (excludes halogenated alkanes) is 1. The molecule has 2 atom stereocenters. The Bertz CT molecular complexity index is 695. The number of aromatic nitrogens is 1. The lowest BCUT2D eigenvalue weighted by Gasteiger charge is -2.32. The molecule has 1 aromatic heterocycles. The Morgan fingerprint density at radius 3 is 2.81 bits per heavy atom. The summed E-state index contributed by atoms with van der Waals surface area (Å²) >= 11 is 0. The highest BCUT2D eigenvalue weighted by atomic mass is 16.5. The summed E-state index contributed by atoms with van der Waals surface area (Å²) in [6.07, 6.45) is 6.05. The van der Waals surface area contributed by atoms with Gasteiger partial charge in [0.25, 0.3) is 0 Å². The molecule has 0 fully saturated rings. The number of nitrogens with zero attached hydrogens (tertiary/aromatic N) is 2. The van der Waals surface area contributed by atoms with E-state index in [0.29, 0.717) is 13.0 Å². The number of pyridine rings is 1. The van der Waals surface area contributed by atoms with Crippen LogP contribution in [0.1, 0.15) is 57.7 Å². The molecular weight excluding hydrogens is 392 g/mol. The SMILES string of the molecule is CO[C@H](C)CN(CCCCc1ccc2c(n1)NCCC2)CC[C@H](C(=O)O)C(C)(C)CN. The zero-order valence-corrected chi connectivity index (χ0v) is 19.8. The van der Waals surface area contributed by atoms with Gasteiger partial charge in [0.1, 0.15) is 5.82 Å². The van der Waals surface area contributed by atoms with E-state index in [1.54, 1.807) is 7.11 Å². The number of aryl methyl sites for hydroxylation is 2. The van der Waals surface area contributed by atoms with Crippen molar-refractivity contribution in [3.8, 4) is 0 Å². The topological polar surface area (TPSA) is 101 Å². The van der Waals surface area contributed by atoms with E-state index in [-0.39, 0.29) is 6.10 Å². The summed E-state index contributed by atoms with van der Waals surface area (Å²) in [4.78, 5) is 18.9. The molecule has 31 heavy (non-hydrogen) atoms. The third-order valence-electron chi connectivity index (χ3n) is 6.53. The Morgan fingerprint density at radius 1 is 1.35 bits per heavy atom. The molecule has 1 aliphatic heterocycles. The first-order valence-corrected chi connectivity index (χ1v) is 11.7. The van der Waals surface area contributed by atoms with Gasteiger partial charge in [0.05, 0.1) is 12.0 Å². The van der Waals surface area contributed by atoms with Gasteiger partial charge >= 0.3 is 5.97 Å². The summed E-state index contributed by atoms with van der Waals surface area (Å²) in [5, 5.41) is 13.1. The zero-order chi connectivity index (χ0) is 22.9. The van der Waals surface area contributed by atoms with Gasteiger partial charge in [0, 0.05) is 25.9 Å². The Balaban J connectivity index is 1.86. The Morgan fingerprint density at radius 2 is 2.13 bits per heavy atom. The molecule has 2 heterocycles. The van der Waals surface area contributed by atoms with Crippen LogP contribution in [-0.4, -0.2) is 66.9 Å². The van der Waals surface area contributed by atoms with E-state index in [9.17, 15) is 9.90 Å². The lowest BCUT2D eigenvalue weighted by atomic mass is 9.77. The van der Waals surface area contributed by atoms with Crippen molar-refractivity contribution in [2.75, 3.05) is 45.2 Å². The highest BCUT2D eigenvalue weighted by Crippen LogP contribution is 2.29. The minimum absolute atomic E-state index is 0.110. The molecule has 0 spiro atoms. The number of nitrogens with one attached hydrogen (secondary N) is 1. The normalized spacial score (nSPS) is 15.9. The molecule has 0 aliphatic carbocycles. The van der Waals surface area contributed by atoms with E-state index >= 15 is 0 Å². The Kier molecular flexibility index (Phi) is 10.2. The van der Waals surface area contributed by atoms with Gasteiger partial charge in [-0.05, 0) is 82.1 Å². The standard InChI is InChI=1S/C24H42N4O3/c1-18(31-4)16-28(15-12-21(23(29)30)24(2,3)17-25)14-6-5-9-20-11-10-19-8-7-13-26-22(19)27-20/h10-11,18,21H,5-9,12-17,25H2,1-4H3,(H,26,27)(H,29,30)/t18-,21-/m1/s1. The number of rotatable bonds is 14. The van der Waals surface area contributed by atoms with Crippen molar-refractivity contribution >= 4 is 11.8 Å². The smallest absolute Gasteiger partial charge is 0.307 e. The van der Waals surface area contributed by atoms with Crippen molar-refractivity contribution in [3.63, 3.8) is 0 Å². The second-order valence-electron chi connectivity index (χ2n) is 9.52. The third-order valence-corrected chi connectivity index (χ3v) is 6.53. The highest BCUT2D eigenvalue weighted by molar-refractivity contribution is 5.71. The first-order valence-electron chi connectivity index (χ1n) is 11.7. The molecule has 0 saturated heterocycles. The molecule has 1 aromatic rings. The number of ether oxygens (including phenoxy) is 1. The van der Waals surface area contributed by atoms with Crippen LogP contribution in [-0.2, 0) is 22.4 Å². The maximum absolute atomic E-state index is 11.8. The van der Waals surface area contributed by atoms with Gasteiger partial charge in [-0.2, -0.15) is 0 Å². The van der Waals surface area contributed by atoms with Crippen LogP contribution in [0, 0.1) is 11.3 Å². The summed E-state index contributed by atoms with van der Waals surface area (Å²) in [5.74, 6) is -0.158. The van der Waals surface area contributed by atoms with Gasteiger partial charge in [0.2, 0.25) is 0 Å². The van der Waals surface area contributed by atoms with E-state index in [1.807, 2.05) is 13.8 Å². The number of nitrogens with two attached hydrogens (primary N) is 1. The van der Waals surface area contributed by atoms with Gasteiger partial charge in [-0.25, -0.2) is 4.98 Å². The van der Waals surface area contributed by atoms with Crippen LogP contribution in [0.4, 0.5) is 5.82 Å². The van der Waals surface area contributed by atoms with E-state index in [2.05, 4.69) is 29.3 Å². The average molecular weight is 435 g/mol. The van der Waals surface area contributed by atoms with Crippen molar-refractivity contribution in [2.45, 2.75) is 65.4 Å². The second-order valence-corrected chi connectivity index (χ2v) is 9.52. The second kappa shape index (κ2) is 12.4. The highest BCUT2D eigenvalue weighted by Gasteiger charge is 2.34. The van der Waals surface area contributed by atoms with Crippen LogP contribution in [0.5, 0.6) is 0 Å². The monoisotopic (exact) mass is 434 g/mol. The molecule has 0 aromatic carbocycles. The number of anilines is 1. The fourth-order valence-electron chi connectivity index (χ4n) is 4.18. The van der Waals surface area contributed by atoms with Crippen LogP contribution in [0.15, 0.2) is 12.1 Å². The predicted octanol–water partition coefficient (Wildman–Crippen LogP) is 3.18. The Labute approximate surface area is 187 Å². The van der Waals surface area contributed by atoms with Gasteiger partial charge < -0.3 is 25.8 Å². The van der Waals surface area contributed by atoms with E-state index in [4.69, 9.17) is 15.5 Å².